The van der Waals surface area contributed by atoms with Gasteiger partial charge in [-0.3, -0.25) is 0 Å². The van der Waals surface area contributed by atoms with Gasteiger partial charge in [-0.25, -0.2) is 0 Å². The van der Waals surface area contributed by atoms with E-state index in [-0.39, 0.29) is 6.17 Å². The zero-order valence-corrected chi connectivity index (χ0v) is 14.9. The summed E-state index contributed by atoms with van der Waals surface area (Å²) in [6, 6.07) is 15.1. The second-order valence-corrected chi connectivity index (χ2v) is 6.60. The Balaban J connectivity index is 2.20. The van der Waals surface area contributed by atoms with Crippen molar-refractivity contribution in [3.8, 4) is 0 Å². The van der Waals surface area contributed by atoms with E-state index < -0.39 is 0 Å². The predicted molar refractivity (Wildman–Crippen MR) is 101 cm³/mol. The van der Waals surface area contributed by atoms with Gasteiger partial charge in [0.25, 0.3) is 0 Å². The fourth-order valence-electron chi connectivity index (χ4n) is 3.55. The van der Waals surface area contributed by atoms with Crippen molar-refractivity contribution in [2.45, 2.75) is 6.17 Å². The molecule has 1 heterocycles. The number of rotatable bonds is 3. The minimum Gasteiger partial charge on any atom is -0.376 e. The van der Waals surface area contributed by atoms with E-state index in [1.807, 2.05) is 0 Å². The van der Waals surface area contributed by atoms with Crippen molar-refractivity contribution in [3.05, 3.63) is 48.0 Å². The lowest BCUT2D eigenvalue weighted by Gasteiger charge is -2.29. The Morgan fingerprint density at radius 2 is 1.13 bits per heavy atom. The monoisotopic (exact) mass is 310 g/mol. The first-order chi connectivity index (χ1) is 10.9. The standard InChI is InChI=1S/C19H26N4/c1-20(2)15-12-13-16(21(3)4)18-17(15)22(5)19(23(18)6)14-10-8-7-9-11-14/h7-13,19H,1-6H3. The van der Waals surface area contributed by atoms with E-state index in [1.165, 1.54) is 28.3 Å². The number of hydrogen-bond acceptors (Lipinski definition) is 4. The number of nitrogens with zero attached hydrogens (tertiary/aromatic N) is 4. The molecule has 23 heavy (non-hydrogen) atoms. The van der Waals surface area contributed by atoms with Gasteiger partial charge in [-0.2, -0.15) is 0 Å². The molecule has 0 bridgehead atoms. The van der Waals surface area contributed by atoms with Crippen LogP contribution < -0.4 is 19.6 Å². The van der Waals surface area contributed by atoms with Crippen LogP contribution in [0.2, 0.25) is 0 Å². The van der Waals surface area contributed by atoms with Gasteiger partial charge in [0.15, 0.2) is 0 Å². The van der Waals surface area contributed by atoms with Crippen LogP contribution in [0.1, 0.15) is 11.7 Å². The molecule has 0 radical (unpaired) electrons. The van der Waals surface area contributed by atoms with Crippen LogP contribution in [0.3, 0.4) is 0 Å². The summed E-state index contributed by atoms with van der Waals surface area (Å²) >= 11 is 0. The number of benzene rings is 2. The molecule has 0 aliphatic carbocycles. The minimum absolute atomic E-state index is 0.214. The van der Waals surface area contributed by atoms with E-state index in [1.54, 1.807) is 0 Å². The lowest BCUT2D eigenvalue weighted by atomic mass is 10.1. The molecule has 1 aliphatic rings. The number of fused-ring (bicyclic) bond motifs is 1. The Morgan fingerprint density at radius 3 is 1.52 bits per heavy atom. The highest BCUT2D eigenvalue weighted by atomic mass is 15.4. The van der Waals surface area contributed by atoms with Crippen molar-refractivity contribution >= 4 is 22.7 Å². The molecule has 4 heteroatoms. The second-order valence-electron chi connectivity index (χ2n) is 6.60. The zero-order valence-electron chi connectivity index (χ0n) is 14.9. The van der Waals surface area contributed by atoms with Crippen molar-refractivity contribution in [3.63, 3.8) is 0 Å². The average molecular weight is 310 g/mol. The first kappa shape index (κ1) is 15.5. The molecule has 0 saturated carbocycles. The number of anilines is 4. The molecule has 0 amide bonds. The van der Waals surface area contributed by atoms with Crippen LogP contribution in [0.4, 0.5) is 22.7 Å². The second kappa shape index (κ2) is 5.69. The third kappa shape index (κ3) is 2.38. The van der Waals surface area contributed by atoms with Crippen LogP contribution in [0.25, 0.3) is 0 Å². The smallest absolute Gasteiger partial charge is 0.128 e. The molecule has 4 nitrogen and oxygen atoms in total. The molecule has 0 saturated heterocycles. The van der Waals surface area contributed by atoms with Gasteiger partial charge < -0.3 is 19.6 Å². The maximum atomic E-state index is 2.38. The topological polar surface area (TPSA) is 13.0 Å². The summed E-state index contributed by atoms with van der Waals surface area (Å²) < 4.78 is 0. The van der Waals surface area contributed by atoms with Crippen LogP contribution in [0.15, 0.2) is 42.5 Å². The number of hydrogen-bond donors (Lipinski definition) is 0. The summed E-state index contributed by atoms with van der Waals surface area (Å²) in [4.78, 5) is 9.14. The largest absolute Gasteiger partial charge is 0.376 e. The minimum atomic E-state index is 0.214. The van der Waals surface area contributed by atoms with Crippen LogP contribution in [0, 0.1) is 0 Å². The van der Waals surface area contributed by atoms with Crippen molar-refractivity contribution in [2.75, 3.05) is 61.9 Å². The summed E-state index contributed by atoms with van der Waals surface area (Å²) in [5, 5.41) is 0. The third-order valence-electron chi connectivity index (χ3n) is 4.61. The zero-order chi connectivity index (χ0) is 16.7. The quantitative estimate of drug-likeness (QED) is 0.861. The van der Waals surface area contributed by atoms with Gasteiger partial charge in [0.2, 0.25) is 0 Å². The van der Waals surface area contributed by atoms with Gasteiger partial charge >= 0.3 is 0 Å². The molecule has 0 fully saturated rings. The van der Waals surface area contributed by atoms with Crippen LogP contribution in [-0.4, -0.2) is 42.3 Å². The molecule has 1 aliphatic heterocycles. The average Bonchev–Trinajstić information content (AvgIpc) is 2.79. The van der Waals surface area contributed by atoms with Crippen LogP contribution >= 0.6 is 0 Å². The maximum absolute atomic E-state index is 2.38. The van der Waals surface area contributed by atoms with E-state index in [4.69, 9.17) is 0 Å². The summed E-state index contributed by atoms with van der Waals surface area (Å²) in [5.74, 6) is 0. The summed E-state index contributed by atoms with van der Waals surface area (Å²) in [6.45, 7) is 0. The van der Waals surface area contributed by atoms with Gasteiger partial charge in [0, 0.05) is 42.3 Å². The molecular weight excluding hydrogens is 284 g/mol. The van der Waals surface area contributed by atoms with Gasteiger partial charge in [-0.1, -0.05) is 30.3 Å². The molecule has 3 rings (SSSR count). The fraction of sp³-hybridized carbons (Fsp3) is 0.368. The van der Waals surface area contributed by atoms with E-state index in [0.29, 0.717) is 0 Å². The van der Waals surface area contributed by atoms with E-state index in [9.17, 15) is 0 Å². The summed E-state index contributed by atoms with van der Waals surface area (Å²) in [7, 11) is 12.8. The summed E-state index contributed by atoms with van der Waals surface area (Å²) in [6.07, 6.45) is 0.214. The molecule has 122 valence electrons. The Morgan fingerprint density at radius 1 is 0.696 bits per heavy atom. The molecule has 0 aromatic heterocycles. The highest BCUT2D eigenvalue weighted by Gasteiger charge is 2.36. The SMILES string of the molecule is CN(C)c1ccc(N(C)C)c2c1N(C)C(c1ccccc1)N2C. The Bertz CT molecular complexity index is 653. The van der Waals surface area contributed by atoms with Gasteiger partial charge in [0.05, 0.1) is 22.7 Å². The molecule has 2 aromatic carbocycles. The Kier molecular flexibility index (Phi) is 3.84. The van der Waals surface area contributed by atoms with Crippen LogP contribution in [-0.2, 0) is 0 Å². The first-order valence-electron chi connectivity index (χ1n) is 7.95. The normalized spacial score (nSPS) is 14.2. The molecule has 0 atom stereocenters. The highest BCUT2D eigenvalue weighted by Crippen LogP contribution is 2.53. The summed E-state index contributed by atoms with van der Waals surface area (Å²) in [5.41, 5.74) is 6.38. The Labute approximate surface area is 139 Å². The van der Waals surface area contributed by atoms with Gasteiger partial charge in [0.1, 0.15) is 6.17 Å². The van der Waals surface area contributed by atoms with E-state index in [0.717, 1.165) is 0 Å². The van der Waals surface area contributed by atoms with E-state index in [2.05, 4.69) is 104 Å². The highest BCUT2D eigenvalue weighted by molar-refractivity contribution is 5.96. The van der Waals surface area contributed by atoms with Crippen molar-refractivity contribution in [1.29, 1.82) is 0 Å². The van der Waals surface area contributed by atoms with E-state index >= 15 is 0 Å². The lowest BCUT2D eigenvalue weighted by Crippen LogP contribution is -2.31. The van der Waals surface area contributed by atoms with Crippen molar-refractivity contribution < 1.29 is 0 Å². The van der Waals surface area contributed by atoms with Gasteiger partial charge in [-0.15, -0.1) is 0 Å². The predicted octanol–water partition coefficient (Wildman–Crippen LogP) is 3.40. The van der Waals surface area contributed by atoms with Crippen molar-refractivity contribution in [1.82, 2.24) is 0 Å². The van der Waals surface area contributed by atoms with Crippen LogP contribution in [0.5, 0.6) is 0 Å². The maximum Gasteiger partial charge on any atom is 0.128 e. The Hall–Kier alpha value is -2.36. The molecule has 2 aromatic rings. The fourth-order valence-corrected chi connectivity index (χ4v) is 3.55. The third-order valence-corrected chi connectivity index (χ3v) is 4.61. The lowest BCUT2D eigenvalue weighted by molar-refractivity contribution is 0.694. The molecule has 0 spiro atoms. The molecule has 0 unspecified atom stereocenters. The molecule has 0 N–H and O–H groups in total. The molecular formula is C19H26N4. The van der Waals surface area contributed by atoms with Gasteiger partial charge in [-0.05, 0) is 17.7 Å². The van der Waals surface area contributed by atoms with Crippen molar-refractivity contribution in [2.24, 2.45) is 0 Å². The first-order valence-corrected chi connectivity index (χ1v) is 7.95.